The number of hydrogen-bond donors (Lipinski definition) is 1. The van der Waals surface area contributed by atoms with E-state index < -0.39 is 9.96 Å². The van der Waals surface area contributed by atoms with Crippen LogP contribution in [0.5, 0.6) is 0 Å². The lowest BCUT2D eigenvalue weighted by Crippen LogP contribution is -2.60. The first kappa shape index (κ1) is 19.7. The van der Waals surface area contributed by atoms with Crippen LogP contribution in [0.1, 0.15) is 24.2 Å². The van der Waals surface area contributed by atoms with Crippen molar-refractivity contribution in [3.63, 3.8) is 0 Å². The number of alkyl halides is 3. The number of morpholine rings is 1. The molecule has 4 nitrogen and oxygen atoms in total. The number of carbonyl (C=O) groups is 1. The maximum atomic E-state index is 13.0. The Labute approximate surface area is 168 Å². The van der Waals surface area contributed by atoms with Gasteiger partial charge in [0, 0.05) is 18.7 Å². The quantitative estimate of drug-likeness (QED) is 0.757. The minimum atomic E-state index is -1.67. The van der Waals surface area contributed by atoms with Gasteiger partial charge in [0.1, 0.15) is 6.17 Å². The zero-order valence-electron chi connectivity index (χ0n) is 14.6. The molecule has 1 aliphatic heterocycles. The van der Waals surface area contributed by atoms with E-state index >= 15 is 0 Å². The third-order valence-corrected chi connectivity index (χ3v) is 5.05. The highest BCUT2D eigenvalue weighted by molar-refractivity contribution is 6.68. The molecule has 0 spiro atoms. The van der Waals surface area contributed by atoms with Gasteiger partial charge in [0.15, 0.2) is 0 Å². The van der Waals surface area contributed by atoms with E-state index in [-0.39, 0.29) is 18.1 Å². The number of halogens is 3. The lowest BCUT2D eigenvalue weighted by atomic mass is 10.0. The van der Waals surface area contributed by atoms with Crippen molar-refractivity contribution >= 4 is 51.5 Å². The van der Waals surface area contributed by atoms with Gasteiger partial charge < -0.3 is 10.1 Å². The third kappa shape index (κ3) is 4.44. The largest absolute Gasteiger partial charge is 0.373 e. The van der Waals surface area contributed by atoms with E-state index in [1.807, 2.05) is 55.1 Å². The third-order valence-electron chi connectivity index (χ3n) is 4.43. The molecule has 1 amide bonds. The summed E-state index contributed by atoms with van der Waals surface area (Å²) in [4.78, 5) is 14.9. The second-order valence-electron chi connectivity index (χ2n) is 6.66. The number of nitrogens with zero attached hydrogens (tertiary/aromatic N) is 1. The summed E-state index contributed by atoms with van der Waals surface area (Å²) in [5, 5.41) is 4.76. The zero-order valence-corrected chi connectivity index (χ0v) is 16.9. The molecule has 26 heavy (non-hydrogen) atoms. The number of rotatable bonds is 3. The SMILES string of the molecule is C[C@@H]1CN([C@H](NC(=O)c2cccc3ccccc23)C(Cl)(Cl)Cl)C[C@H](C)O1. The Kier molecular flexibility index (Phi) is 6.00. The van der Waals surface area contributed by atoms with E-state index in [1.165, 1.54) is 0 Å². The Hall–Kier alpha value is -1.04. The Morgan fingerprint density at radius 3 is 2.38 bits per heavy atom. The number of carbonyl (C=O) groups excluding carboxylic acids is 1. The van der Waals surface area contributed by atoms with E-state index in [2.05, 4.69) is 5.32 Å². The van der Waals surface area contributed by atoms with Crippen LogP contribution in [0.25, 0.3) is 10.8 Å². The molecule has 1 aliphatic rings. The summed E-state index contributed by atoms with van der Waals surface area (Å²) >= 11 is 18.6. The molecule has 1 fully saturated rings. The second kappa shape index (κ2) is 7.91. The van der Waals surface area contributed by atoms with Crippen molar-refractivity contribution < 1.29 is 9.53 Å². The number of hydrogen-bond acceptors (Lipinski definition) is 3. The molecule has 0 saturated carbocycles. The second-order valence-corrected chi connectivity index (χ2v) is 9.02. The number of fused-ring (bicyclic) bond motifs is 1. The van der Waals surface area contributed by atoms with E-state index in [4.69, 9.17) is 39.5 Å². The van der Waals surface area contributed by atoms with Crippen LogP contribution < -0.4 is 5.32 Å². The van der Waals surface area contributed by atoms with Crippen molar-refractivity contribution in [3.05, 3.63) is 48.0 Å². The van der Waals surface area contributed by atoms with Crippen LogP contribution in [0.4, 0.5) is 0 Å². The van der Waals surface area contributed by atoms with Crippen molar-refractivity contribution in [1.29, 1.82) is 0 Å². The highest BCUT2D eigenvalue weighted by Crippen LogP contribution is 2.34. The highest BCUT2D eigenvalue weighted by atomic mass is 35.6. The summed E-state index contributed by atoms with van der Waals surface area (Å²) < 4.78 is 4.07. The number of amides is 1. The predicted octanol–water partition coefficient (Wildman–Crippen LogP) is 4.38. The van der Waals surface area contributed by atoms with E-state index in [0.717, 1.165) is 10.8 Å². The monoisotopic (exact) mass is 414 g/mol. The normalized spacial score (nSPS) is 23.0. The molecular formula is C19H21Cl3N2O2. The molecule has 3 atom stereocenters. The van der Waals surface area contributed by atoms with Crippen molar-refractivity contribution in [2.75, 3.05) is 13.1 Å². The van der Waals surface area contributed by atoms with Gasteiger partial charge >= 0.3 is 0 Å². The molecule has 2 aromatic rings. The van der Waals surface area contributed by atoms with Crippen LogP contribution in [0, 0.1) is 0 Å². The lowest BCUT2D eigenvalue weighted by molar-refractivity contribution is -0.0826. The zero-order chi connectivity index (χ0) is 18.9. The first-order valence-electron chi connectivity index (χ1n) is 8.50. The molecule has 0 aliphatic carbocycles. The van der Waals surface area contributed by atoms with Crippen molar-refractivity contribution in [3.8, 4) is 0 Å². The minimum Gasteiger partial charge on any atom is -0.373 e. The highest BCUT2D eigenvalue weighted by Gasteiger charge is 2.41. The van der Waals surface area contributed by atoms with Gasteiger partial charge in [-0.3, -0.25) is 9.69 Å². The van der Waals surface area contributed by atoms with E-state index in [1.54, 1.807) is 6.07 Å². The molecule has 7 heteroatoms. The molecule has 0 bridgehead atoms. The van der Waals surface area contributed by atoms with Crippen molar-refractivity contribution in [1.82, 2.24) is 10.2 Å². The molecular weight excluding hydrogens is 395 g/mol. The van der Waals surface area contributed by atoms with Crippen LogP contribution in [-0.4, -0.2) is 46.1 Å². The number of nitrogens with one attached hydrogen (secondary N) is 1. The van der Waals surface area contributed by atoms with Gasteiger partial charge in [-0.25, -0.2) is 0 Å². The lowest BCUT2D eigenvalue weighted by Gasteiger charge is -2.42. The first-order chi connectivity index (χ1) is 12.3. The standard InChI is InChI=1S/C19H21Cl3N2O2/c1-12-10-24(11-13(2)26-12)18(19(20,21)22)23-17(25)16-9-5-7-14-6-3-4-8-15(14)16/h3-9,12-13,18H,10-11H2,1-2H3,(H,23,25)/t12-,13+,18-/m0/s1. The van der Waals surface area contributed by atoms with Crippen molar-refractivity contribution in [2.45, 2.75) is 36.0 Å². The molecule has 0 aromatic heterocycles. The summed E-state index contributed by atoms with van der Waals surface area (Å²) in [6.07, 6.45) is -0.779. The first-order valence-corrected chi connectivity index (χ1v) is 9.64. The summed E-state index contributed by atoms with van der Waals surface area (Å²) in [6, 6.07) is 13.3. The van der Waals surface area contributed by atoms with Gasteiger partial charge in [-0.15, -0.1) is 0 Å². The predicted molar refractivity (Wildman–Crippen MR) is 107 cm³/mol. The van der Waals surface area contributed by atoms with Gasteiger partial charge in [0.2, 0.25) is 3.79 Å². The fourth-order valence-corrected chi connectivity index (χ4v) is 4.01. The molecule has 1 heterocycles. The summed E-state index contributed by atoms with van der Waals surface area (Å²) in [5.74, 6) is -0.273. The Bertz CT molecular complexity index is 778. The average Bonchev–Trinajstić information content (AvgIpc) is 2.57. The van der Waals surface area contributed by atoms with Crippen LogP contribution in [0.15, 0.2) is 42.5 Å². The Balaban J connectivity index is 1.88. The minimum absolute atomic E-state index is 0.0111. The molecule has 1 N–H and O–H groups in total. The van der Waals surface area contributed by atoms with Gasteiger partial charge in [-0.2, -0.15) is 0 Å². The molecule has 1 saturated heterocycles. The maximum Gasteiger partial charge on any atom is 0.253 e. The topological polar surface area (TPSA) is 41.6 Å². The van der Waals surface area contributed by atoms with E-state index in [9.17, 15) is 4.79 Å². The number of benzene rings is 2. The fraction of sp³-hybridized carbons (Fsp3) is 0.421. The Morgan fingerprint density at radius 2 is 1.73 bits per heavy atom. The van der Waals surface area contributed by atoms with Gasteiger partial charge in [-0.05, 0) is 30.7 Å². The van der Waals surface area contributed by atoms with Crippen LogP contribution in [0.2, 0.25) is 0 Å². The van der Waals surface area contributed by atoms with E-state index in [0.29, 0.717) is 18.7 Å². The summed E-state index contributed by atoms with van der Waals surface area (Å²) in [6.45, 7) is 5.06. The van der Waals surface area contributed by atoms with Gasteiger partial charge in [-0.1, -0.05) is 71.2 Å². The fourth-order valence-electron chi connectivity index (χ4n) is 3.43. The average molecular weight is 416 g/mol. The molecule has 2 aromatic carbocycles. The smallest absolute Gasteiger partial charge is 0.253 e. The summed E-state index contributed by atoms with van der Waals surface area (Å²) in [7, 11) is 0. The molecule has 0 radical (unpaired) electrons. The van der Waals surface area contributed by atoms with Crippen LogP contribution in [-0.2, 0) is 4.74 Å². The Morgan fingerprint density at radius 1 is 1.12 bits per heavy atom. The summed E-state index contributed by atoms with van der Waals surface area (Å²) in [5.41, 5.74) is 0.553. The molecule has 3 rings (SSSR count). The van der Waals surface area contributed by atoms with Gasteiger partial charge in [0.25, 0.3) is 5.91 Å². The van der Waals surface area contributed by atoms with Crippen molar-refractivity contribution in [2.24, 2.45) is 0 Å². The van der Waals surface area contributed by atoms with Crippen LogP contribution >= 0.6 is 34.8 Å². The maximum absolute atomic E-state index is 13.0. The molecule has 0 unspecified atom stereocenters. The molecule has 140 valence electrons. The number of ether oxygens (including phenoxy) is 1. The van der Waals surface area contributed by atoms with Crippen LogP contribution in [0.3, 0.4) is 0 Å². The van der Waals surface area contributed by atoms with Gasteiger partial charge in [0.05, 0.1) is 12.2 Å².